The smallest absolute Gasteiger partial charge is 0.267 e. The lowest BCUT2D eigenvalue weighted by molar-refractivity contribution is -0.112. The summed E-state index contributed by atoms with van der Waals surface area (Å²) in [5, 5.41) is 0.454. The first-order valence-electron chi connectivity index (χ1n) is 3.02. The number of nitrogens with zero attached hydrogens (tertiary/aromatic N) is 2. The zero-order chi connectivity index (χ0) is 7.84. The van der Waals surface area contributed by atoms with Gasteiger partial charge in [-0.2, -0.15) is 4.99 Å². The second-order valence-corrected chi connectivity index (χ2v) is 2.16. The van der Waals surface area contributed by atoms with Gasteiger partial charge in [-0.25, -0.2) is 9.37 Å². The highest BCUT2D eigenvalue weighted by Gasteiger charge is 2.03. The summed E-state index contributed by atoms with van der Waals surface area (Å²) in [5.41, 5.74) is 0.302. The van der Waals surface area contributed by atoms with E-state index >= 15 is 0 Å². The molecular weight excluding hydrogens is 147 g/mol. The number of carbonyl (C=O) groups excluding carboxylic acids is 1. The van der Waals surface area contributed by atoms with E-state index in [0.717, 1.165) is 6.20 Å². The van der Waals surface area contributed by atoms with E-state index < -0.39 is 5.82 Å². The number of aromatic nitrogens is 1. The average molecular weight is 150 g/mol. The first-order chi connectivity index (χ1) is 5.25. The molecule has 1 aliphatic heterocycles. The molecule has 1 aromatic heterocycles. The number of hydrogen-bond acceptors (Lipinski definition) is 2. The molecule has 1 aromatic rings. The van der Waals surface area contributed by atoms with E-state index in [9.17, 15) is 9.18 Å². The minimum Gasteiger partial charge on any atom is -0.267 e. The topological polar surface area (TPSA) is 42.3 Å². The summed E-state index contributed by atoms with van der Waals surface area (Å²) >= 11 is 0. The van der Waals surface area contributed by atoms with Crippen molar-refractivity contribution in [1.82, 2.24) is 4.98 Å². The monoisotopic (exact) mass is 150 g/mol. The van der Waals surface area contributed by atoms with E-state index in [-0.39, 0.29) is 5.91 Å². The Kier molecular flexibility index (Phi) is 1.09. The molecule has 0 unspecified atom stereocenters. The third-order valence-electron chi connectivity index (χ3n) is 1.36. The molecule has 11 heavy (non-hydrogen) atoms. The van der Waals surface area contributed by atoms with Crippen molar-refractivity contribution in [2.24, 2.45) is 4.99 Å². The number of halogens is 1. The number of fused-ring (bicyclic) bond motifs is 1. The molecule has 4 heteroatoms. The predicted molar refractivity (Wildman–Crippen MR) is 34.4 cm³/mol. The van der Waals surface area contributed by atoms with Gasteiger partial charge in [-0.1, -0.05) is 0 Å². The van der Waals surface area contributed by atoms with Crippen molar-refractivity contribution in [1.29, 1.82) is 0 Å². The zero-order valence-electron chi connectivity index (χ0n) is 5.41. The van der Waals surface area contributed by atoms with Gasteiger partial charge in [0.25, 0.3) is 5.91 Å². The van der Waals surface area contributed by atoms with Crippen LogP contribution in [0.1, 0.15) is 0 Å². The van der Waals surface area contributed by atoms with Crippen molar-refractivity contribution < 1.29 is 9.18 Å². The molecule has 0 spiro atoms. The van der Waals surface area contributed by atoms with Crippen molar-refractivity contribution in [2.75, 3.05) is 0 Å². The van der Waals surface area contributed by atoms with E-state index in [2.05, 4.69) is 9.98 Å². The fourth-order valence-electron chi connectivity index (χ4n) is 0.917. The number of carbonyl (C=O) groups is 1. The van der Waals surface area contributed by atoms with Crippen molar-refractivity contribution in [3.63, 3.8) is 0 Å². The highest BCUT2D eigenvalue weighted by Crippen LogP contribution is 1.86. The summed E-state index contributed by atoms with van der Waals surface area (Å²) in [6.07, 6.45) is 2.29. The first-order valence-corrected chi connectivity index (χ1v) is 3.02. The molecule has 0 saturated heterocycles. The van der Waals surface area contributed by atoms with E-state index in [4.69, 9.17) is 0 Å². The van der Waals surface area contributed by atoms with Crippen LogP contribution in [0.25, 0.3) is 6.08 Å². The van der Waals surface area contributed by atoms with Gasteiger partial charge in [-0.15, -0.1) is 0 Å². The Balaban J connectivity index is 2.89. The molecule has 0 saturated carbocycles. The Labute approximate surface area is 60.9 Å². The summed E-state index contributed by atoms with van der Waals surface area (Å²) in [7, 11) is 0. The third kappa shape index (κ3) is 0.920. The number of rotatable bonds is 0. The Morgan fingerprint density at radius 2 is 2.27 bits per heavy atom. The van der Waals surface area contributed by atoms with Crippen LogP contribution in [-0.4, -0.2) is 10.9 Å². The summed E-state index contributed by atoms with van der Waals surface area (Å²) in [6, 6.07) is 1.23. The molecule has 2 rings (SSSR count). The molecular formula is C7H3FN2O. The Bertz CT molecular complexity index is 438. The van der Waals surface area contributed by atoms with E-state index in [0.29, 0.717) is 10.7 Å². The van der Waals surface area contributed by atoms with Gasteiger partial charge in [0.2, 0.25) is 0 Å². The van der Waals surface area contributed by atoms with Gasteiger partial charge in [-0.3, -0.25) is 4.79 Å². The van der Waals surface area contributed by atoms with Gasteiger partial charge in [0.15, 0.2) is 5.49 Å². The molecule has 1 aliphatic rings. The molecule has 0 atom stereocenters. The highest BCUT2D eigenvalue weighted by atomic mass is 19.1. The zero-order valence-corrected chi connectivity index (χ0v) is 5.41. The molecule has 0 radical (unpaired) electrons. The fourth-order valence-corrected chi connectivity index (χ4v) is 0.917. The quantitative estimate of drug-likeness (QED) is 0.484. The van der Waals surface area contributed by atoms with Crippen LogP contribution in [-0.2, 0) is 4.79 Å². The van der Waals surface area contributed by atoms with Crippen LogP contribution >= 0.6 is 0 Å². The van der Waals surface area contributed by atoms with Crippen LogP contribution in [0.2, 0.25) is 0 Å². The molecule has 0 N–H and O–H groups in total. The summed E-state index contributed by atoms with van der Waals surface area (Å²) in [4.78, 5) is 17.8. The van der Waals surface area contributed by atoms with E-state index in [1.807, 2.05) is 0 Å². The minimum absolute atomic E-state index is 0.302. The number of amides is 1. The molecule has 0 fully saturated rings. The van der Waals surface area contributed by atoms with Crippen LogP contribution in [0.15, 0.2) is 17.3 Å². The normalized spacial score (nSPS) is 13.7. The maximum absolute atomic E-state index is 12.5. The molecule has 0 aromatic carbocycles. The fraction of sp³-hybridized carbons (Fsp3) is 0. The lowest BCUT2D eigenvalue weighted by atomic mass is 10.4. The molecule has 3 nitrogen and oxygen atoms in total. The molecule has 54 valence electrons. The maximum Gasteiger partial charge on any atom is 0.272 e. The lowest BCUT2D eigenvalue weighted by Gasteiger charge is -1.82. The van der Waals surface area contributed by atoms with Crippen LogP contribution in [0.5, 0.6) is 0 Å². The van der Waals surface area contributed by atoms with Gasteiger partial charge in [0.05, 0.1) is 6.20 Å². The molecule has 0 bridgehead atoms. The van der Waals surface area contributed by atoms with Gasteiger partial charge in [-0.05, 0) is 6.07 Å². The van der Waals surface area contributed by atoms with Crippen LogP contribution in [0.4, 0.5) is 4.39 Å². The van der Waals surface area contributed by atoms with Gasteiger partial charge in [0.1, 0.15) is 5.82 Å². The number of hydrogen-bond donors (Lipinski definition) is 0. The Morgan fingerprint density at radius 1 is 1.45 bits per heavy atom. The lowest BCUT2D eigenvalue weighted by Crippen LogP contribution is -2.25. The highest BCUT2D eigenvalue weighted by molar-refractivity contribution is 6.06. The van der Waals surface area contributed by atoms with Crippen LogP contribution in [0.3, 0.4) is 0 Å². The maximum atomic E-state index is 12.5. The SMILES string of the molecule is O=C1C=c2cc(F)cnc2=N1. The second-order valence-electron chi connectivity index (χ2n) is 2.16. The van der Waals surface area contributed by atoms with Gasteiger partial charge >= 0.3 is 0 Å². The minimum atomic E-state index is -0.454. The van der Waals surface area contributed by atoms with E-state index in [1.54, 1.807) is 0 Å². The predicted octanol–water partition coefficient (Wildman–Crippen LogP) is -0.839. The largest absolute Gasteiger partial charge is 0.272 e. The van der Waals surface area contributed by atoms with Gasteiger partial charge in [0, 0.05) is 11.3 Å². The summed E-state index contributed by atoms with van der Waals surface area (Å²) in [6.45, 7) is 0. The van der Waals surface area contributed by atoms with Crippen LogP contribution in [0, 0.1) is 5.82 Å². The molecule has 1 amide bonds. The molecule has 0 aliphatic carbocycles. The van der Waals surface area contributed by atoms with Gasteiger partial charge < -0.3 is 0 Å². The number of pyridine rings is 1. The van der Waals surface area contributed by atoms with Crippen LogP contribution < -0.4 is 10.7 Å². The first kappa shape index (κ1) is 6.15. The standard InChI is InChI=1S/C7H3FN2O/c8-5-1-4-2-6(11)10-7(4)9-3-5/h1-3H. The van der Waals surface area contributed by atoms with Crippen molar-refractivity contribution in [2.45, 2.75) is 0 Å². The summed E-state index contributed by atoms with van der Waals surface area (Å²) < 4.78 is 12.5. The Morgan fingerprint density at radius 3 is 3.09 bits per heavy atom. The van der Waals surface area contributed by atoms with Crippen molar-refractivity contribution in [3.8, 4) is 0 Å². The third-order valence-corrected chi connectivity index (χ3v) is 1.36. The Hall–Kier alpha value is -1.58. The van der Waals surface area contributed by atoms with Crippen molar-refractivity contribution in [3.05, 3.63) is 28.8 Å². The summed E-state index contributed by atoms with van der Waals surface area (Å²) in [5.74, 6) is -0.831. The second kappa shape index (κ2) is 1.95. The average Bonchev–Trinajstić information content (AvgIpc) is 2.27. The van der Waals surface area contributed by atoms with Crippen molar-refractivity contribution >= 4 is 12.0 Å². The molecule has 2 heterocycles. The van der Waals surface area contributed by atoms with E-state index in [1.165, 1.54) is 12.1 Å².